The van der Waals surface area contributed by atoms with Gasteiger partial charge in [-0.25, -0.2) is 9.18 Å². The quantitative estimate of drug-likeness (QED) is 0.260. The minimum Gasteiger partial charge on any atom is -0.494 e. The fraction of sp³-hybridized carbons (Fsp3) is 0.333. The van der Waals surface area contributed by atoms with Gasteiger partial charge in [0.05, 0.1) is 6.61 Å². The van der Waals surface area contributed by atoms with Crippen LogP contribution >= 0.6 is 11.6 Å². The van der Waals surface area contributed by atoms with Crippen molar-refractivity contribution in [3.8, 4) is 11.5 Å². The first-order chi connectivity index (χ1) is 20.9. The minimum absolute atomic E-state index is 0.131. The van der Waals surface area contributed by atoms with E-state index in [9.17, 15) is 14.0 Å². The molecule has 6 rings (SSSR count). The highest BCUT2D eigenvalue weighted by Gasteiger charge is 2.36. The average molecular weight is 605 g/mol. The molecule has 2 amide bonds. The predicted octanol–water partition coefficient (Wildman–Crippen LogP) is 6.04. The van der Waals surface area contributed by atoms with Crippen LogP contribution in [0.5, 0.6) is 11.5 Å². The Kier molecular flexibility index (Phi) is 8.54. The van der Waals surface area contributed by atoms with Gasteiger partial charge in [0.2, 0.25) is 5.91 Å². The van der Waals surface area contributed by atoms with Crippen molar-refractivity contribution in [1.82, 2.24) is 19.7 Å². The lowest BCUT2D eigenvalue weighted by Crippen LogP contribution is -2.48. The van der Waals surface area contributed by atoms with Crippen LogP contribution in [0.25, 0.3) is 10.9 Å². The van der Waals surface area contributed by atoms with E-state index in [1.165, 1.54) is 24.3 Å². The predicted molar refractivity (Wildman–Crippen MR) is 163 cm³/mol. The van der Waals surface area contributed by atoms with Crippen LogP contribution in [-0.2, 0) is 11.2 Å². The van der Waals surface area contributed by atoms with Crippen LogP contribution in [0.4, 0.5) is 9.18 Å². The van der Waals surface area contributed by atoms with Gasteiger partial charge in [-0.1, -0.05) is 23.7 Å². The summed E-state index contributed by atoms with van der Waals surface area (Å²) in [6.45, 7) is 6.78. The Labute approximate surface area is 254 Å². The molecule has 0 bridgehead atoms. The van der Waals surface area contributed by atoms with E-state index in [-0.39, 0.29) is 11.7 Å². The molecule has 1 aromatic heterocycles. The SMILES string of the molecule is CC(=O)N1CCN(CCCOc2cccc(C3c4[nH]c5ccc(Cl)cc5c4CCN3C(=O)Oc3ccc(F)cc3)c2)CC1. The summed E-state index contributed by atoms with van der Waals surface area (Å²) in [5.41, 5.74) is 3.85. The molecule has 43 heavy (non-hydrogen) atoms. The number of aromatic amines is 1. The van der Waals surface area contributed by atoms with Crippen LogP contribution < -0.4 is 9.47 Å². The van der Waals surface area contributed by atoms with Crippen molar-refractivity contribution in [2.45, 2.75) is 25.8 Å². The second kappa shape index (κ2) is 12.7. The van der Waals surface area contributed by atoms with E-state index >= 15 is 0 Å². The molecule has 2 aliphatic rings. The summed E-state index contributed by atoms with van der Waals surface area (Å²) in [7, 11) is 0. The molecular formula is C33H34ClFN4O4. The first kappa shape index (κ1) is 29.0. The van der Waals surface area contributed by atoms with Gasteiger partial charge in [0.1, 0.15) is 23.4 Å². The number of hydrogen-bond donors (Lipinski definition) is 1. The Hall–Kier alpha value is -4.08. The summed E-state index contributed by atoms with van der Waals surface area (Å²) >= 11 is 6.34. The Morgan fingerprint density at radius 2 is 1.77 bits per heavy atom. The number of benzene rings is 3. The highest BCUT2D eigenvalue weighted by atomic mass is 35.5. The van der Waals surface area contributed by atoms with Gasteiger partial charge in [0.25, 0.3) is 0 Å². The second-order valence-corrected chi connectivity index (χ2v) is 11.4. The maximum absolute atomic E-state index is 13.5. The van der Waals surface area contributed by atoms with Gasteiger partial charge in [-0.2, -0.15) is 0 Å². The summed E-state index contributed by atoms with van der Waals surface area (Å²) in [6, 6.07) is 18.5. The number of carbonyl (C=O) groups excluding carboxylic acids is 2. The van der Waals surface area contributed by atoms with Crippen LogP contribution in [0, 0.1) is 5.82 Å². The number of aromatic nitrogens is 1. The number of carbonyl (C=O) groups is 2. The first-order valence-corrected chi connectivity index (χ1v) is 15.0. The topological polar surface area (TPSA) is 78.1 Å². The third-order valence-corrected chi connectivity index (χ3v) is 8.46. The Balaban J connectivity index is 1.20. The van der Waals surface area contributed by atoms with Crippen LogP contribution in [0.1, 0.15) is 36.2 Å². The molecular weight excluding hydrogens is 571 g/mol. The summed E-state index contributed by atoms with van der Waals surface area (Å²) in [5.74, 6) is 0.729. The molecule has 1 saturated heterocycles. The van der Waals surface area contributed by atoms with Crippen molar-refractivity contribution in [2.24, 2.45) is 0 Å². The van der Waals surface area contributed by atoms with E-state index < -0.39 is 18.0 Å². The molecule has 0 aliphatic carbocycles. The highest BCUT2D eigenvalue weighted by Crippen LogP contribution is 2.40. The number of amides is 2. The summed E-state index contributed by atoms with van der Waals surface area (Å²) < 4.78 is 25.3. The number of nitrogens with zero attached hydrogens (tertiary/aromatic N) is 3. The van der Waals surface area contributed by atoms with E-state index in [1.807, 2.05) is 47.4 Å². The number of halogens is 2. The summed E-state index contributed by atoms with van der Waals surface area (Å²) in [6.07, 6.45) is 0.966. The number of rotatable bonds is 7. The molecule has 0 radical (unpaired) electrons. The number of hydrogen-bond acceptors (Lipinski definition) is 5. The molecule has 1 atom stereocenters. The van der Waals surface area contributed by atoms with E-state index in [0.29, 0.717) is 24.6 Å². The number of ether oxygens (including phenoxy) is 2. The maximum Gasteiger partial charge on any atom is 0.416 e. The monoisotopic (exact) mass is 604 g/mol. The molecule has 0 saturated carbocycles. The third kappa shape index (κ3) is 6.48. The highest BCUT2D eigenvalue weighted by molar-refractivity contribution is 6.31. The fourth-order valence-electron chi connectivity index (χ4n) is 6.01. The van der Waals surface area contributed by atoms with Gasteiger partial charge >= 0.3 is 6.09 Å². The van der Waals surface area contributed by atoms with Crippen LogP contribution in [0.3, 0.4) is 0 Å². The Bertz CT molecular complexity index is 1620. The molecule has 10 heteroatoms. The smallest absolute Gasteiger partial charge is 0.416 e. The van der Waals surface area contributed by atoms with Gasteiger partial charge in [0.15, 0.2) is 0 Å². The molecule has 1 N–H and O–H groups in total. The number of piperazine rings is 1. The van der Waals surface area contributed by atoms with Crippen molar-refractivity contribution in [3.63, 3.8) is 0 Å². The molecule has 8 nitrogen and oxygen atoms in total. The normalized spacial score (nSPS) is 17.1. The first-order valence-electron chi connectivity index (χ1n) is 14.6. The van der Waals surface area contributed by atoms with Crippen LogP contribution in [-0.4, -0.2) is 77.6 Å². The van der Waals surface area contributed by atoms with E-state index in [1.54, 1.807) is 11.8 Å². The molecule has 3 aromatic carbocycles. The molecule has 2 aliphatic heterocycles. The van der Waals surface area contributed by atoms with Gasteiger partial charge in [-0.3, -0.25) is 14.6 Å². The van der Waals surface area contributed by atoms with Gasteiger partial charge in [-0.05, 0) is 78.6 Å². The number of nitrogens with one attached hydrogen (secondary N) is 1. The molecule has 3 heterocycles. The van der Waals surface area contributed by atoms with E-state index in [4.69, 9.17) is 21.1 Å². The fourth-order valence-corrected chi connectivity index (χ4v) is 6.18. The lowest BCUT2D eigenvalue weighted by Gasteiger charge is -2.35. The van der Waals surface area contributed by atoms with Crippen molar-refractivity contribution in [2.75, 3.05) is 45.9 Å². The standard InChI is InChI=1S/C33H34ClFN4O4/c1-22(40)38-17-15-37(16-18-38)13-3-19-42-27-5-2-4-23(20-27)32-31-28(29-21-24(34)6-11-30(29)36-31)12-14-39(32)33(41)43-26-9-7-25(35)8-10-26/h2,4-11,20-21,32,36H,3,12-19H2,1H3. The zero-order valence-electron chi connectivity index (χ0n) is 24.0. The zero-order chi connectivity index (χ0) is 29.9. The van der Waals surface area contributed by atoms with Gasteiger partial charge in [-0.15, -0.1) is 0 Å². The Morgan fingerprint density at radius 1 is 0.977 bits per heavy atom. The van der Waals surface area contributed by atoms with Crippen molar-refractivity contribution in [3.05, 3.63) is 94.4 Å². The molecule has 4 aromatic rings. The average Bonchev–Trinajstić information content (AvgIpc) is 3.38. The maximum atomic E-state index is 13.5. The van der Waals surface area contributed by atoms with E-state index in [2.05, 4.69) is 9.88 Å². The lowest BCUT2D eigenvalue weighted by molar-refractivity contribution is -0.130. The van der Waals surface area contributed by atoms with Crippen molar-refractivity contribution in [1.29, 1.82) is 0 Å². The third-order valence-electron chi connectivity index (χ3n) is 8.22. The van der Waals surface area contributed by atoms with Crippen molar-refractivity contribution >= 4 is 34.5 Å². The van der Waals surface area contributed by atoms with Crippen LogP contribution in [0.2, 0.25) is 5.02 Å². The van der Waals surface area contributed by atoms with E-state index in [0.717, 1.165) is 72.6 Å². The largest absolute Gasteiger partial charge is 0.494 e. The summed E-state index contributed by atoms with van der Waals surface area (Å²) in [4.78, 5) is 34.6. The van der Waals surface area contributed by atoms with Crippen LogP contribution in [0.15, 0.2) is 66.7 Å². The zero-order valence-corrected chi connectivity index (χ0v) is 24.8. The number of fused-ring (bicyclic) bond motifs is 3. The lowest BCUT2D eigenvalue weighted by atomic mass is 9.92. The summed E-state index contributed by atoms with van der Waals surface area (Å²) in [5, 5.41) is 1.69. The van der Waals surface area contributed by atoms with Gasteiger partial charge < -0.3 is 19.4 Å². The molecule has 0 spiro atoms. The minimum atomic E-state index is -0.518. The molecule has 1 fully saturated rings. The molecule has 1 unspecified atom stereocenters. The molecule has 224 valence electrons. The second-order valence-electron chi connectivity index (χ2n) is 11.0. The van der Waals surface area contributed by atoms with Gasteiger partial charge in [0, 0.05) is 67.8 Å². The van der Waals surface area contributed by atoms with Crippen molar-refractivity contribution < 1.29 is 23.5 Å². The number of H-pyrrole nitrogens is 1. The Morgan fingerprint density at radius 3 is 2.53 bits per heavy atom.